The topological polar surface area (TPSA) is 88.3 Å². The lowest BCUT2D eigenvalue weighted by molar-refractivity contribution is -0.120. The Morgan fingerprint density at radius 3 is 2.76 bits per heavy atom. The molecule has 0 saturated heterocycles. The third-order valence-corrected chi connectivity index (χ3v) is 5.69. The van der Waals surface area contributed by atoms with Crippen LogP contribution in [0.4, 0.5) is 11.4 Å². The number of anilines is 2. The number of halogens is 2. The quantitative estimate of drug-likeness (QED) is 0.767. The molecule has 29 heavy (non-hydrogen) atoms. The number of nitrogens with two attached hydrogens (primary N) is 1. The van der Waals surface area contributed by atoms with Crippen molar-refractivity contribution in [3.63, 3.8) is 0 Å². The first-order valence-electron chi connectivity index (χ1n) is 9.53. The highest BCUT2D eigenvalue weighted by molar-refractivity contribution is 6.07. The Hall–Kier alpha value is -2.15. The summed E-state index contributed by atoms with van der Waals surface area (Å²) in [7, 11) is 0. The smallest absolute Gasteiger partial charge is 0.259 e. The van der Waals surface area contributed by atoms with Gasteiger partial charge in [0.2, 0.25) is 5.91 Å². The van der Waals surface area contributed by atoms with Crippen molar-refractivity contribution in [2.75, 3.05) is 23.3 Å². The number of aromatic nitrogens is 1. The number of rotatable bonds is 4. The second kappa shape index (κ2) is 10.1. The zero-order valence-corrected chi connectivity index (χ0v) is 17.7. The van der Waals surface area contributed by atoms with Gasteiger partial charge in [-0.2, -0.15) is 0 Å². The van der Waals surface area contributed by atoms with Crippen molar-refractivity contribution in [2.24, 2.45) is 17.6 Å². The molecular weight excluding hydrogens is 411 g/mol. The Labute approximate surface area is 183 Å². The molecule has 1 fully saturated rings. The van der Waals surface area contributed by atoms with E-state index < -0.39 is 0 Å². The molecule has 2 heterocycles. The van der Waals surface area contributed by atoms with Gasteiger partial charge in [0.25, 0.3) is 5.91 Å². The van der Waals surface area contributed by atoms with E-state index in [0.29, 0.717) is 18.7 Å². The fourth-order valence-corrected chi connectivity index (χ4v) is 4.23. The van der Waals surface area contributed by atoms with Crippen LogP contribution >= 0.6 is 24.8 Å². The van der Waals surface area contributed by atoms with Crippen molar-refractivity contribution in [1.82, 2.24) is 4.98 Å². The standard InChI is InChI=1S/C21H24N4O2.2ClH/c22-12-15-3-1-5-18(15)20(26)24-17-6-7-19-14(11-17)8-10-25(19)21(27)16-4-2-9-23-13-16;;/h2,4,6-7,9,11,13,15,18H,1,3,5,8,10,12,22H2,(H,24,26);2*1H/t15-,18-;;/m1../s1. The Morgan fingerprint density at radius 2 is 2.03 bits per heavy atom. The van der Waals surface area contributed by atoms with Gasteiger partial charge in [-0.15, -0.1) is 24.8 Å². The van der Waals surface area contributed by atoms with Crippen LogP contribution in [0.5, 0.6) is 0 Å². The monoisotopic (exact) mass is 436 g/mol. The van der Waals surface area contributed by atoms with E-state index >= 15 is 0 Å². The summed E-state index contributed by atoms with van der Waals surface area (Å²) in [5.41, 5.74) is 9.15. The van der Waals surface area contributed by atoms with E-state index in [0.717, 1.165) is 42.6 Å². The van der Waals surface area contributed by atoms with Gasteiger partial charge in [0.05, 0.1) is 5.56 Å². The number of hydrogen-bond acceptors (Lipinski definition) is 4. The van der Waals surface area contributed by atoms with Gasteiger partial charge in [0.15, 0.2) is 0 Å². The van der Waals surface area contributed by atoms with Crippen LogP contribution < -0.4 is 16.0 Å². The molecule has 1 saturated carbocycles. The molecule has 3 N–H and O–H groups in total. The summed E-state index contributed by atoms with van der Waals surface area (Å²) in [6, 6.07) is 9.31. The molecule has 8 heteroatoms. The van der Waals surface area contributed by atoms with Crippen molar-refractivity contribution in [3.8, 4) is 0 Å². The SMILES string of the molecule is Cl.Cl.NC[C@H]1CCC[C@H]1C(=O)Nc1ccc2c(c1)CCN2C(=O)c1cccnc1. The minimum absolute atomic E-state index is 0. The number of hydrogen-bond donors (Lipinski definition) is 2. The van der Waals surface area contributed by atoms with Crippen LogP contribution in [0.25, 0.3) is 0 Å². The maximum Gasteiger partial charge on any atom is 0.259 e. The third kappa shape index (κ3) is 4.71. The molecule has 2 amide bonds. The summed E-state index contributed by atoms with van der Waals surface area (Å²) in [6.45, 7) is 1.20. The third-order valence-electron chi connectivity index (χ3n) is 5.69. The molecule has 1 aliphatic carbocycles. The number of pyridine rings is 1. The van der Waals surface area contributed by atoms with Crippen molar-refractivity contribution in [1.29, 1.82) is 0 Å². The molecule has 0 bridgehead atoms. The maximum atomic E-state index is 12.7. The molecule has 0 spiro atoms. The molecule has 2 aromatic rings. The summed E-state index contributed by atoms with van der Waals surface area (Å²) in [5, 5.41) is 3.05. The van der Waals surface area contributed by atoms with Gasteiger partial charge < -0.3 is 16.0 Å². The fraction of sp³-hybridized carbons (Fsp3) is 0.381. The van der Waals surface area contributed by atoms with Crippen LogP contribution in [-0.4, -0.2) is 29.9 Å². The molecule has 1 aliphatic heterocycles. The Balaban J connectivity index is 0.00000150. The highest BCUT2D eigenvalue weighted by Gasteiger charge is 2.32. The summed E-state index contributed by atoms with van der Waals surface area (Å²) in [6.07, 6.45) is 7.03. The van der Waals surface area contributed by atoms with Gasteiger partial charge in [-0.3, -0.25) is 14.6 Å². The van der Waals surface area contributed by atoms with Crippen molar-refractivity contribution in [3.05, 3.63) is 53.9 Å². The molecule has 6 nitrogen and oxygen atoms in total. The van der Waals surface area contributed by atoms with Crippen LogP contribution in [-0.2, 0) is 11.2 Å². The van der Waals surface area contributed by atoms with Crippen LogP contribution in [0.3, 0.4) is 0 Å². The van der Waals surface area contributed by atoms with Crippen LogP contribution in [0, 0.1) is 11.8 Å². The molecule has 2 aliphatic rings. The minimum Gasteiger partial charge on any atom is -0.330 e. The highest BCUT2D eigenvalue weighted by Crippen LogP contribution is 2.34. The average Bonchev–Trinajstić information content (AvgIpc) is 3.34. The molecule has 0 radical (unpaired) electrons. The van der Waals surface area contributed by atoms with Gasteiger partial charge >= 0.3 is 0 Å². The lowest BCUT2D eigenvalue weighted by atomic mass is 9.95. The van der Waals surface area contributed by atoms with Crippen molar-refractivity contribution >= 4 is 48.0 Å². The fourth-order valence-electron chi connectivity index (χ4n) is 4.23. The van der Waals surface area contributed by atoms with Crippen LogP contribution in [0.1, 0.15) is 35.2 Å². The highest BCUT2D eigenvalue weighted by atomic mass is 35.5. The number of benzene rings is 1. The van der Waals surface area contributed by atoms with Crippen LogP contribution in [0.2, 0.25) is 0 Å². The Kier molecular flexibility index (Phi) is 8.02. The molecule has 1 aromatic carbocycles. The van der Waals surface area contributed by atoms with E-state index in [1.165, 1.54) is 0 Å². The summed E-state index contributed by atoms with van der Waals surface area (Å²) in [4.78, 5) is 31.1. The molecule has 0 unspecified atom stereocenters. The summed E-state index contributed by atoms with van der Waals surface area (Å²) >= 11 is 0. The first kappa shape index (κ1) is 23.1. The molecular formula is C21H26Cl2N4O2. The Morgan fingerprint density at radius 1 is 1.21 bits per heavy atom. The second-order valence-corrected chi connectivity index (χ2v) is 7.31. The van der Waals surface area contributed by atoms with Gasteiger partial charge in [0, 0.05) is 36.2 Å². The van der Waals surface area contributed by atoms with Gasteiger partial charge in [-0.25, -0.2) is 0 Å². The zero-order chi connectivity index (χ0) is 18.8. The molecule has 2 atom stereocenters. The van der Waals surface area contributed by atoms with Gasteiger partial charge in [-0.05, 0) is 67.6 Å². The van der Waals surface area contributed by atoms with E-state index in [2.05, 4.69) is 10.3 Å². The van der Waals surface area contributed by atoms with E-state index in [1.54, 1.807) is 29.4 Å². The summed E-state index contributed by atoms with van der Waals surface area (Å²) in [5.74, 6) is 0.304. The lowest BCUT2D eigenvalue weighted by Gasteiger charge is -2.19. The second-order valence-electron chi connectivity index (χ2n) is 7.31. The average molecular weight is 437 g/mol. The van der Waals surface area contributed by atoms with E-state index in [4.69, 9.17) is 5.73 Å². The van der Waals surface area contributed by atoms with E-state index in [9.17, 15) is 9.59 Å². The maximum absolute atomic E-state index is 12.7. The minimum atomic E-state index is -0.0459. The van der Waals surface area contributed by atoms with Gasteiger partial charge in [-0.1, -0.05) is 6.42 Å². The predicted octanol–water partition coefficient (Wildman–Crippen LogP) is 3.44. The number of carbonyl (C=O) groups excluding carboxylic acids is 2. The summed E-state index contributed by atoms with van der Waals surface area (Å²) < 4.78 is 0. The molecule has 4 rings (SSSR count). The number of carbonyl (C=O) groups is 2. The number of fused-ring (bicyclic) bond motifs is 1. The zero-order valence-electron chi connectivity index (χ0n) is 16.0. The van der Waals surface area contributed by atoms with Crippen molar-refractivity contribution < 1.29 is 9.59 Å². The first-order valence-corrected chi connectivity index (χ1v) is 9.53. The number of nitrogens with one attached hydrogen (secondary N) is 1. The molecule has 1 aromatic heterocycles. The Bertz CT molecular complexity index is 863. The van der Waals surface area contributed by atoms with Gasteiger partial charge in [0.1, 0.15) is 0 Å². The predicted molar refractivity (Wildman–Crippen MR) is 119 cm³/mol. The largest absolute Gasteiger partial charge is 0.330 e. The van der Waals surface area contributed by atoms with Crippen molar-refractivity contribution in [2.45, 2.75) is 25.7 Å². The lowest BCUT2D eigenvalue weighted by Crippen LogP contribution is -2.30. The number of amides is 2. The van der Waals surface area contributed by atoms with Crippen LogP contribution in [0.15, 0.2) is 42.7 Å². The number of nitrogens with zero attached hydrogens (tertiary/aromatic N) is 2. The first-order chi connectivity index (χ1) is 13.2. The van der Waals surface area contributed by atoms with E-state index in [-0.39, 0.29) is 48.5 Å². The molecule has 156 valence electrons. The normalized spacial score (nSPS) is 19.7. The van der Waals surface area contributed by atoms with E-state index in [1.807, 2.05) is 18.2 Å².